The van der Waals surface area contributed by atoms with E-state index in [0.29, 0.717) is 12.1 Å². The summed E-state index contributed by atoms with van der Waals surface area (Å²) < 4.78 is 6.79. The summed E-state index contributed by atoms with van der Waals surface area (Å²) in [6.45, 7) is 1.79. The minimum atomic E-state index is 0.415. The van der Waals surface area contributed by atoms with Crippen molar-refractivity contribution in [1.82, 2.24) is 4.98 Å². The van der Waals surface area contributed by atoms with Crippen molar-refractivity contribution in [2.24, 2.45) is 0 Å². The number of rotatable bonds is 1. The van der Waals surface area contributed by atoms with Crippen LogP contribution < -0.4 is 4.90 Å². The van der Waals surface area contributed by atoms with Crippen molar-refractivity contribution in [3.05, 3.63) is 22.8 Å². The summed E-state index contributed by atoms with van der Waals surface area (Å²) in [4.78, 5) is 7.00. The van der Waals surface area contributed by atoms with Gasteiger partial charge in [0.1, 0.15) is 10.4 Å². The first-order chi connectivity index (χ1) is 8.34. The quantitative estimate of drug-likeness (QED) is 0.745. The summed E-state index contributed by atoms with van der Waals surface area (Å²) in [5, 5.41) is 0. The highest BCUT2D eigenvalue weighted by Gasteiger charge is 2.34. The topological polar surface area (TPSA) is 25.4 Å². The molecule has 2 unspecified atom stereocenters. The van der Waals surface area contributed by atoms with Crippen molar-refractivity contribution >= 4 is 21.7 Å². The number of hydrogen-bond donors (Lipinski definition) is 0. The Kier molecular flexibility index (Phi) is 3.34. The van der Waals surface area contributed by atoms with E-state index in [2.05, 4.69) is 37.9 Å². The van der Waals surface area contributed by atoms with Crippen molar-refractivity contribution in [1.29, 1.82) is 0 Å². The summed E-state index contributed by atoms with van der Waals surface area (Å²) in [5.41, 5.74) is 0. The molecule has 4 heteroatoms. The molecule has 1 saturated heterocycles. The van der Waals surface area contributed by atoms with E-state index in [9.17, 15) is 0 Å². The van der Waals surface area contributed by atoms with E-state index in [1.54, 1.807) is 0 Å². The number of ether oxygens (including phenoxy) is 1. The summed E-state index contributed by atoms with van der Waals surface area (Å²) in [7, 11) is 0. The third kappa shape index (κ3) is 2.33. The van der Waals surface area contributed by atoms with E-state index in [0.717, 1.165) is 23.6 Å². The second kappa shape index (κ2) is 4.94. The number of anilines is 1. The monoisotopic (exact) mass is 296 g/mol. The zero-order valence-electron chi connectivity index (χ0n) is 9.81. The predicted molar refractivity (Wildman–Crippen MR) is 71.3 cm³/mol. The number of pyridine rings is 1. The van der Waals surface area contributed by atoms with Crippen LogP contribution in [0.3, 0.4) is 0 Å². The smallest absolute Gasteiger partial charge is 0.130 e. The third-order valence-electron chi connectivity index (χ3n) is 3.73. The Balaban J connectivity index is 1.85. The molecule has 92 valence electrons. The molecule has 0 N–H and O–H groups in total. The first kappa shape index (κ1) is 11.5. The summed E-state index contributed by atoms with van der Waals surface area (Å²) in [6.07, 6.45) is 5.47. The van der Waals surface area contributed by atoms with Crippen LogP contribution >= 0.6 is 15.9 Å². The number of nitrogens with zero attached hydrogens (tertiary/aromatic N) is 2. The highest BCUT2D eigenvalue weighted by Crippen LogP contribution is 2.31. The van der Waals surface area contributed by atoms with Crippen LogP contribution in [0.5, 0.6) is 0 Å². The van der Waals surface area contributed by atoms with Crippen LogP contribution in [-0.2, 0) is 4.74 Å². The van der Waals surface area contributed by atoms with Gasteiger partial charge in [0.2, 0.25) is 0 Å². The van der Waals surface area contributed by atoms with Crippen LogP contribution in [0.1, 0.15) is 25.7 Å². The second-order valence-electron chi connectivity index (χ2n) is 4.77. The van der Waals surface area contributed by atoms with Crippen molar-refractivity contribution in [3.8, 4) is 0 Å². The third-order valence-corrected chi connectivity index (χ3v) is 4.17. The summed E-state index contributed by atoms with van der Waals surface area (Å²) in [5.74, 6) is 1.08. The number of hydrogen-bond acceptors (Lipinski definition) is 3. The molecule has 2 fully saturated rings. The van der Waals surface area contributed by atoms with Gasteiger partial charge in [0.25, 0.3) is 0 Å². The maximum atomic E-state index is 5.88. The Morgan fingerprint density at radius 1 is 1.29 bits per heavy atom. The van der Waals surface area contributed by atoms with Gasteiger partial charge in [-0.25, -0.2) is 4.98 Å². The van der Waals surface area contributed by atoms with Gasteiger partial charge in [0, 0.05) is 6.54 Å². The number of aromatic nitrogens is 1. The molecule has 0 amide bonds. The van der Waals surface area contributed by atoms with Gasteiger partial charge < -0.3 is 9.64 Å². The van der Waals surface area contributed by atoms with Gasteiger partial charge in [-0.3, -0.25) is 0 Å². The first-order valence-corrected chi connectivity index (χ1v) is 7.15. The average molecular weight is 297 g/mol. The molecule has 3 rings (SSSR count). The van der Waals surface area contributed by atoms with Gasteiger partial charge >= 0.3 is 0 Å². The van der Waals surface area contributed by atoms with E-state index in [4.69, 9.17) is 4.74 Å². The zero-order chi connectivity index (χ0) is 11.7. The molecule has 0 bridgehead atoms. The fourth-order valence-electron chi connectivity index (χ4n) is 2.94. The van der Waals surface area contributed by atoms with Crippen molar-refractivity contribution in [2.75, 3.05) is 18.1 Å². The molecule has 3 nitrogen and oxygen atoms in total. The molecule has 0 aromatic carbocycles. The predicted octanol–water partition coefficient (Wildman–Crippen LogP) is 2.99. The van der Waals surface area contributed by atoms with Gasteiger partial charge in [-0.05, 0) is 40.9 Å². The normalized spacial score (nSPS) is 28.9. The van der Waals surface area contributed by atoms with Gasteiger partial charge in [0.15, 0.2) is 0 Å². The fourth-order valence-corrected chi connectivity index (χ4v) is 3.27. The Hall–Kier alpha value is -0.610. The SMILES string of the molecule is Brc1cccc(N2CCOC3CCCCC32)n1. The van der Waals surface area contributed by atoms with Gasteiger partial charge in [-0.2, -0.15) is 0 Å². The Morgan fingerprint density at radius 3 is 3.06 bits per heavy atom. The standard InChI is InChI=1S/C13H17BrN2O/c14-12-6-3-7-13(15-12)16-8-9-17-11-5-2-1-4-10(11)16/h3,6-7,10-11H,1-2,4-5,8-9H2. The lowest BCUT2D eigenvalue weighted by Crippen LogP contribution is -2.53. The largest absolute Gasteiger partial charge is 0.374 e. The summed E-state index contributed by atoms with van der Waals surface area (Å²) >= 11 is 3.45. The Bertz CT molecular complexity index is 397. The molecule has 1 aliphatic carbocycles. The van der Waals surface area contributed by atoms with Crippen molar-refractivity contribution < 1.29 is 4.74 Å². The van der Waals surface area contributed by atoms with Gasteiger partial charge in [-0.15, -0.1) is 0 Å². The second-order valence-corrected chi connectivity index (χ2v) is 5.59. The first-order valence-electron chi connectivity index (χ1n) is 6.35. The molecule has 1 aromatic rings. The molecule has 2 atom stereocenters. The van der Waals surface area contributed by atoms with Crippen LogP contribution in [0.4, 0.5) is 5.82 Å². The molecule has 2 aliphatic rings. The van der Waals surface area contributed by atoms with Crippen LogP contribution in [-0.4, -0.2) is 30.3 Å². The molecule has 0 radical (unpaired) electrons. The summed E-state index contributed by atoms with van der Waals surface area (Å²) in [6, 6.07) is 6.66. The maximum absolute atomic E-state index is 5.88. The van der Waals surface area contributed by atoms with Crippen LogP contribution in [0.2, 0.25) is 0 Å². The molecule has 2 heterocycles. The van der Waals surface area contributed by atoms with Crippen LogP contribution in [0, 0.1) is 0 Å². The molecular weight excluding hydrogens is 280 g/mol. The van der Waals surface area contributed by atoms with Gasteiger partial charge in [0.05, 0.1) is 18.8 Å². The van der Waals surface area contributed by atoms with Gasteiger partial charge in [-0.1, -0.05) is 18.9 Å². The highest BCUT2D eigenvalue weighted by atomic mass is 79.9. The average Bonchev–Trinajstić information content (AvgIpc) is 2.38. The Labute approximate surface area is 110 Å². The van der Waals surface area contributed by atoms with E-state index >= 15 is 0 Å². The molecule has 1 saturated carbocycles. The minimum Gasteiger partial charge on any atom is -0.374 e. The molecule has 1 aliphatic heterocycles. The van der Waals surface area contributed by atoms with E-state index in [1.807, 2.05) is 6.07 Å². The zero-order valence-corrected chi connectivity index (χ0v) is 11.4. The number of halogens is 1. The molecule has 17 heavy (non-hydrogen) atoms. The van der Waals surface area contributed by atoms with E-state index in [1.165, 1.54) is 25.7 Å². The van der Waals surface area contributed by atoms with E-state index < -0.39 is 0 Å². The van der Waals surface area contributed by atoms with Crippen molar-refractivity contribution in [3.63, 3.8) is 0 Å². The van der Waals surface area contributed by atoms with Crippen LogP contribution in [0.25, 0.3) is 0 Å². The number of fused-ring (bicyclic) bond motifs is 1. The van der Waals surface area contributed by atoms with Crippen LogP contribution in [0.15, 0.2) is 22.8 Å². The lowest BCUT2D eigenvalue weighted by atomic mass is 9.90. The lowest BCUT2D eigenvalue weighted by Gasteiger charge is -2.44. The van der Waals surface area contributed by atoms with E-state index in [-0.39, 0.29) is 0 Å². The minimum absolute atomic E-state index is 0.415. The fraction of sp³-hybridized carbons (Fsp3) is 0.615. The highest BCUT2D eigenvalue weighted by molar-refractivity contribution is 9.10. The maximum Gasteiger partial charge on any atom is 0.130 e. The Morgan fingerprint density at radius 2 is 2.18 bits per heavy atom. The lowest BCUT2D eigenvalue weighted by molar-refractivity contribution is -0.00899. The van der Waals surface area contributed by atoms with Crippen molar-refractivity contribution in [2.45, 2.75) is 37.8 Å². The number of morpholine rings is 1. The molecule has 0 spiro atoms. The molecular formula is C13H17BrN2O. The molecule has 1 aromatic heterocycles.